The number of azo groups is 2. The molecule has 0 fully saturated rings. The minimum absolute atomic E-state index is 0.00915. The average molecular weight is 785 g/mol. The van der Waals surface area contributed by atoms with Crippen LogP contribution in [0.4, 0.5) is 34.1 Å². The van der Waals surface area contributed by atoms with Crippen LogP contribution in [-0.4, -0.2) is 59.5 Å². The number of phenols is 2. The van der Waals surface area contributed by atoms with Crippen molar-refractivity contribution in [3.05, 3.63) is 132 Å². The van der Waals surface area contributed by atoms with E-state index < -0.39 is 9.84 Å². The Morgan fingerprint density at radius 3 is 1.35 bits per heavy atom. The van der Waals surface area contributed by atoms with Crippen molar-refractivity contribution >= 4 is 56.4 Å². The number of rotatable bonds is 14. The van der Waals surface area contributed by atoms with Gasteiger partial charge in [0.05, 0.1) is 72.4 Å². The van der Waals surface area contributed by atoms with Gasteiger partial charge in [-0.25, -0.2) is 8.42 Å². The van der Waals surface area contributed by atoms with Gasteiger partial charge in [-0.2, -0.15) is 20.5 Å². The Labute approximate surface area is 328 Å². The maximum Gasteiger partial charge on any atom is 0.206 e. The number of phenolic OH excluding ortho intramolecular Hbond substituents is 2. The molecule has 0 saturated heterocycles. The molecule has 6 aromatic carbocycles. The van der Waals surface area contributed by atoms with Gasteiger partial charge in [-0.15, -0.1) is 0 Å². The van der Waals surface area contributed by atoms with Gasteiger partial charge in [0.25, 0.3) is 0 Å². The summed E-state index contributed by atoms with van der Waals surface area (Å²) in [5, 5.41) is 38.5. The van der Waals surface area contributed by atoms with Crippen LogP contribution < -0.4 is 18.9 Å². The maximum atomic E-state index is 13.7. The van der Waals surface area contributed by atoms with Crippen molar-refractivity contribution in [2.75, 3.05) is 28.4 Å². The number of sulfone groups is 1. The Kier molecular flexibility index (Phi) is 12.3. The minimum atomic E-state index is -3.96. The first-order valence-electron chi connectivity index (χ1n) is 17.1. The molecule has 0 amide bonds. The first-order chi connectivity index (χ1) is 27.6. The lowest BCUT2D eigenvalue weighted by Crippen LogP contribution is -2.01. The number of nitrogens with zero attached hydrogens (tertiary/aromatic N) is 6. The van der Waals surface area contributed by atoms with E-state index in [0.717, 1.165) is 0 Å². The summed E-state index contributed by atoms with van der Waals surface area (Å²) in [6.45, 7) is 0. The molecule has 6 rings (SSSR count). The zero-order valence-corrected chi connectivity index (χ0v) is 32.0. The lowest BCUT2D eigenvalue weighted by Gasteiger charge is -2.08. The molecule has 0 aliphatic carbocycles. The molecule has 15 heteroatoms. The van der Waals surface area contributed by atoms with E-state index in [9.17, 15) is 18.6 Å². The third kappa shape index (κ3) is 9.65. The minimum Gasteiger partial charge on any atom is -0.504 e. The van der Waals surface area contributed by atoms with Crippen molar-refractivity contribution in [1.29, 1.82) is 0 Å². The number of aromatic hydroxyl groups is 2. The summed E-state index contributed by atoms with van der Waals surface area (Å²) in [6, 6.07) is 32.3. The molecular formula is C42H36N6O8S. The fourth-order valence-corrected chi connectivity index (χ4v) is 6.55. The highest BCUT2D eigenvalue weighted by atomic mass is 32.2. The molecule has 0 radical (unpaired) electrons. The highest BCUT2D eigenvalue weighted by Crippen LogP contribution is 2.37. The maximum absolute atomic E-state index is 13.7. The van der Waals surface area contributed by atoms with Crippen LogP contribution >= 0.6 is 0 Å². The topological polar surface area (TPSA) is 186 Å². The SMILES string of the molecule is COc1ccc(N=Nc2cc(C=Nc3ccc(S(=O)(=O)c4cccc(N=Cc5cc(N=Nc6ccc(OC)cc6)cc(OC)c5O)c4)cc3)c(O)c(OC)c2)cc1. The number of hydrogen-bond acceptors (Lipinski definition) is 14. The highest BCUT2D eigenvalue weighted by Gasteiger charge is 2.18. The van der Waals surface area contributed by atoms with E-state index in [1.54, 1.807) is 99.1 Å². The predicted octanol–water partition coefficient (Wildman–Crippen LogP) is 10.3. The highest BCUT2D eigenvalue weighted by molar-refractivity contribution is 7.91. The summed E-state index contributed by atoms with van der Waals surface area (Å²) < 4.78 is 48.3. The van der Waals surface area contributed by atoms with Gasteiger partial charge >= 0.3 is 0 Å². The third-order valence-corrected chi connectivity index (χ3v) is 10.1. The van der Waals surface area contributed by atoms with Crippen molar-refractivity contribution < 1.29 is 37.6 Å². The largest absolute Gasteiger partial charge is 0.504 e. The molecule has 57 heavy (non-hydrogen) atoms. The quantitative estimate of drug-likeness (QED) is 0.0806. The summed E-state index contributed by atoms with van der Waals surface area (Å²) in [6.07, 6.45) is 2.80. The summed E-state index contributed by atoms with van der Waals surface area (Å²) >= 11 is 0. The van der Waals surface area contributed by atoms with E-state index in [1.807, 2.05) is 0 Å². The van der Waals surface area contributed by atoms with Gasteiger partial charge < -0.3 is 29.2 Å². The molecule has 288 valence electrons. The van der Waals surface area contributed by atoms with Crippen molar-refractivity contribution in [1.82, 2.24) is 0 Å². The van der Waals surface area contributed by atoms with Crippen molar-refractivity contribution in [3.8, 4) is 34.5 Å². The molecule has 0 unspecified atom stereocenters. The van der Waals surface area contributed by atoms with Crippen LogP contribution in [0.15, 0.2) is 162 Å². The zero-order chi connectivity index (χ0) is 40.4. The second kappa shape index (κ2) is 17.8. The first-order valence-corrected chi connectivity index (χ1v) is 18.6. The zero-order valence-electron chi connectivity index (χ0n) is 31.1. The lowest BCUT2D eigenvalue weighted by atomic mass is 10.1. The number of hydrogen-bond donors (Lipinski definition) is 2. The molecule has 0 saturated carbocycles. The number of ether oxygens (including phenoxy) is 4. The number of aliphatic imine (C=N–C) groups is 2. The van der Waals surface area contributed by atoms with Crippen LogP contribution in [0, 0.1) is 0 Å². The van der Waals surface area contributed by atoms with E-state index in [2.05, 4.69) is 30.4 Å². The third-order valence-electron chi connectivity index (χ3n) is 8.31. The molecule has 14 nitrogen and oxygen atoms in total. The van der Waals surface area contributed by atoms with Crippen LogP contribution in [-0.2, 0) is 9.84 Å². The van der Waals surface area contributed by atoms with E-state index in [4.69, 9.17) is 18.9 Å². The molecule has 0 spiro atoms. The van der Waals surface area contributed by atoms with Crippen molar-refractivity contribution in [2.24, 2.45) is 30.4 Å². The molecule has 0 bridgehead atoms. The van der Waals surface area contributed by atoms with Crippen LogP contribution in [0.1, 0.15) is 11.1 Å². The van der Waals surface area contributed by atoms with Gasteiger partial charge in [0.15, 0.2) is 23.0 Å². The standard InChI is InChI=1S/C42H36N6O8S/c1-53-35-14-8-30(9-15-35)45-47-33-20-27(41(49)39(23-33)55-3)25-43-29-12-18-37(19-13-29)57(51,52)38-7-5-6-32(22-38)44-26-28-21-34(24-40(56-4)42(28)50)48-46-31-10-16-36(54-2)17-11-31/h5-26,49-50H,1-4H3. The summed E-state index contributed by atoms with van der Waals surface area (Å²) in [5.41, 5.74) is 3.32. The molecule has 0 aromatic heterocycles. The Balaban J connectivity index is 1.18. The summed E-state index contributed by atoms with van der Waals surface area (Å²) in [7, 11) is 2.02. The Hall–Kier alpha value is -7.39. The van der Waals surface area contributed by atoms with Crippen molar-refractivity contribution in [2.45, 2.75) is 9.79 Å². The second-order valence-corrected chi connectivity index (χ2v) is 13.9. The van der Waals surface area contributed by atoms with Crippen LogP contribution in [0.25, 0.3) is 0 Å². The number of benzene rings is 6. The lowest BCUT2D eigenvalue weighted by molar-refractivity contribution is 0.373. The molecule has 0 heterocycles. The van der Waals surface area contributed by atoms with Gasteiger partial charge in [0.2, 0.25) is 9.84 Å². The molecular weight excluding hydrogens is 749 g/mol. The Morgan fingerprint density at radius 1 is 0.456 bits per heavy atom. The summed E-state index contributed by atoms with van der Waals surface area (Å²) in [5.74, 6) is 1.38. The monoisotopic (exact) mass is 784 g/mol. The van der Waals surface area contributed by atoms with Gasteiger partial charge in [-0.3, -0.25) is 9.98 Å². The molecule has 2 N–H and O–H groups in total. The molecule has 0 atom stereocenters. The Morgan fingerprint density at radius 2 is 0.895 bits per heavy atom. The molecule has 0 aliphatic rings. The fraction of sp³-hybridized carbons (Fsp3) is 0.0952. The smallest absolute Gasteiger partial charge is 0.206 e. The van der Waals surface area contributed by atoms with E-state index in [0.29, 0.717) is 51.2 Å². The van der Waals surface area contributed by atoms with Gasteiger partial charge in [0, 0.05) is 35.7 Å². The number of methoxy groups -OCH3 is 4. The first kappa shape index (κ1) is 39.3. The van der Waals surface area contributed by atoms with Gasteiger partial charge in [0.1, 0.15) is 11.5 Å². The van der Waals surface area contributed by atoms with Gasteiger partial charge in [-0.05, 0) is 103 Å². The predicted molar refractivity (Wildman–Crippen MR) is 217 cm³/mol. The fourth-order valence-electron chi connectivity index (χ4n) is 5.25. The second-order valence-electron chi connectivity index (χ2n) is 12.0. The van der Waals surface area contributed by atoms with Crippen LogP contribution in [0.2, 0.25) is 0 Å². The Bertz CT molecular complexity index is 2590. The van der Waals surface area contributed by atoms with Crippen LogP contribution in [0.5, 0.6) is 34.5 Å². The van der Waals surface area contributed by atoms with Crippen molar-refractivity contribution in [3.63, 3.8) is 0 Å². The molecule has 6 aromatic rings. The van der Waals surface area contributed by atoms with E-state index in [-0.39, 0.29) is 38.4 Å². The average Bonchev–Trinajstić information content (AvgIpc) is 3.25. The van der Waals surface area contributed by atoms with E-state index >= 15 is 0 Å². The van der Waals surface area contributed by atoms with Gasteiger partial charge in [-0.1, -0.05) is 6.07 Å². The molecule has 0 aliphatic heterocycles. The normalized spacial score (nSPS) is 11.9. The van der Waals surface area contributed by atoms with E-state index in [1.165, 1.54) is 63.0 Å². The summed E-state index contributed by atoms with van der Waals surface area (Å²) in [4.78, 5) is 8.90. The van der Waals surface area contributed by atoms with Crippen LogP contribution in [0.3, 0.4) is 0 Å².